The summed E-state index contributed by atoms with van der Waals surface area (Å²) in [4.78, 5) is 51.2. The van der Waals surface area contributed by atoms with Crippen LogP contribution < -0.4 is 21.9 Å². The quantitative estimate of drug-likeness (QED) is 0.295. The molecule has 0 spiro atoms. The number of halogens is 1. The zero-order valence-corrected chi connectivity index (χ0v) is 22.6. The standard InChI is InChI=1S/C29H29ClN4O5/c1-4-31-16-19-10-13-24-21(14-19)27(36)34(29(39)33(24)3)20-11-8-18(9-12-20)15-23(28(37)38)32-26(35)25-17(2)6-5-7-22(25)30/h5-14,23,31H,4,15-16H2,1-3H3,(H,32,35)(H,37,38)/t23-/m0/s1. The molecule has 0 aliphatic heterocycles. The fraction of sp³-hybridized carbons (Fsp3) is 0.241. The third kappa shape index (κ3) is 5.79. The van der Waals surface area contributed by atoms with Crippen molar-refractivity contribution in [1.29, 1.82) is 0 Å². The maximum atomic E-state index is 13.4. The van der Waals surface area contributed by atoms with E-state index in [4.69, 9.17) is 11.6 Å². The summed E-state index contributed by atoms with van der Waals surface area (Å²) in [6.07, 6.45) is -0.0106. The van der Waals surface area contributed by atoms with E-state index in [0.29, 0.717) is 34.3 Å². The SMILES string of the molecule is CCNCc1ccc2c(c1)c(=O)n(-c1ccc(C[C@H](NC(=O)c3c(C)cccc3Cl)C(=O)O)cc1)c(=O)n2C. The maximum Gasteiger partial charge on any atom is 0.335 e. The highest BCUT2D eigenvalue weighted by molar-refractivity contribution is 6.34. The Bertz CT molecular complexity index is 1650. The molecule has 0 saturated carbocycles. The molecule has 0 radical (unpaired) electrons. The first-order valence-corrected chi connectivity index (χ1v) is 12.8. The number of hydrogen-bond acceptors (Lipinski definition) is 5. The first kappa shape index (κ1) is 27.8. The fourth-order valence-corrected chi connectivity index (χ4v) is 4.79. The van der Waals surface area contributed by atoms with Crippen LogP contribution in [0.4, 0.5) is 0 Å². The molecular weight excluding hydrogens is 520 g/mol. The van der Waals surface area contributed by atoms with Crippen LogP contribution in [0.1, 0.15) is 34.0 Å². The van der Waals surface area contributed by atoms with Gasteiger partial charge in [-0.05, 0) is 60.5 Å². The average molecular weight is 549 g/mol. The lowest BCUT2D eigenvalue weighted by Crippen LogP contribution is -2.42. The highest BCUT2D eigenvalue weighted by Gasteiger charge is 2.23. The minimum atomic E-state index is -1.22. The zero-order valence-electron chi connectivity index (χ0n) is 21.8. The predicted octanol–water partition coefficient (Wildman–Crippen LogP) is 3.19. The minimum absolute atomic E-state index is 0.0106. The number of carboxylic acids is 1. The molecule has 10 heteroatoms. The summed E-state index contributed by atoms with van der Waals surface area (Å²) in [6, 6.07) is 15.7. The molecule has 4 aromatic rings. The van der Waals surface area contributed by atoms with Gasteiger partial charge >= 0.3 is 11.7 Å². The number of rotatable bonds is 9. The van der Waals surface area contributed by atoms with Crippen LogP contribution in [0, 0.1) is 6.92 Å². The molecule has 39 heavy (non-hydrogen) atoms. The molecule has 1 aromatic heterocycles. The normalized spacial score (nSPS) is 11.9. The van der Waals surface area contributed by atoms with E-state index in [1.807, 2.05) is 13.0 Å². The van der Waals surface area contributed by atoms with E-state index in [1.54, 1.807) is 68.6 Å². The van der Waals surface area contributed by atoms with Crippen molar-refractivity contribution in [2.45, 2.75) is 32.9 Å². The van der Waals surface area contributed by atoms with E-state index >= 15 is 0 Å². The number of nitrogens with zero attached hydrogens (tertiary/aromatic N) is 2. The molecule has 202 valence electrons. The van der Waals surface area contributed by atoms with Crippen molar-refractivity contribution in [3.05, 3.63) is 109 Å². The first-order chi connectivity index (χ1) is 18.6. The first-order valence-electron chi connectivity index (χ1n) is 12.5. The Kier molecular flexibility index (Phi) is 8.32. The summed E-state index contributed by atoms with van der Waals surface area (Å²) in [5, 5.41) is 16.2. The summed E-state index contributed by atoms with van der Waals surface area (Å²) < 4.78 is 2.52. The van der Waals surface area contributed by atoms with E-state index in [2.05, 4.69) is 10.6 Å². The van der Waals surface area contributed by atoms with Gasteiger partial charge in [-0.15, -0.1) is 0 Å². The predicted molar refractivity (Wildman–Crippen MR) is 151 cm³/mol. The molecule has 0 bridgehead atoms. The molecule has 0 unspecified atom stereocenters. The summed E-state index contributed by atoms with van der Waals surface area (Å²) >= 11 is 6.16. The van der Waals surface area contributed by atoms with Gasteiger partial charge < -0.3 is 15.7 Å². The Morgan fingerprint density at radius 3 is 2.36 bits per heavy atom. The number of benzene rings is 3. The topological polar surface area (TPSA) is 122 Å². The number of nitrogens with one attached hydrogen (secondary N) is 2. The van der Waals surface area contributed by atoms with Crippen molar-refractivity contribution in [2.75, 3.05) is 6.54 Å². The van der Waals surface area contributed by atoms with E-state index < -0.39 is 29.2 Å². The van der Waals surface area contributed by atoms with Gasteiger partial charge in [-0.3, -0.25) is 14.2 Å². The Balaban J connectivity index is 1.62. The third-order valence-corrected chi connectivity index (χ3v) is 6.91. The van der Waals surface area contributed by atoms with Gasteiger partial charge in [0, 0.05) is 20.0 Å². The van der Waals surface area contributed by atoms with Gasteiger partial charge in [0.05, 0.1) is 27.2 Å². The van der Waals surface area contributed by atoms with Gasteiger partial charge in [-0.1, -0.05) is 48.9 Å². The molecule has 0 fully saturated rings. The van der Waals surface area contributed by atoms with Crippen molar-refractivity contribution in [3.63, 3.8) is 0 Å². The van der Waals surface area contributed by atoms with Crippen molar-refractivity contribution in [1.82, 2.24) is 19.8 Å². The van der Waals surface area contributed by atoms with Gasteiger partial charge in [-0.25, -0.2) is 14.2 Å². The summed E-state index contributed by atoms with van der Waals surface area (Å²) in [6.45, 7) is 5.10. The third-order valence-electron chi connectivity index (χ3n) is 6.60. The Labute approximate surface area is 229 Å². The van der Waals surface area contributed by atoms with Crippen LogP contribution in [0.5, 0.6) is 0 Å². The summed E-state index contributed by atoms with van der Waals surface area (Å²) in [5.74, 6) is -1.79. The lowest BCUT2D eigenvalue weighted by atomic mass is 10.0. The Morgan fingerprint density at radius 2 is 1.72 bits per heavy atom. The van der Waals surface area contributed by atoms with Crippen molar-refractivity contribution >= 4 is 34.4 Å². The fourth-order valence-electron chi connectivity index (χ4n) is 4.48. The van der Waals surface area contributed by atoms with Crippen LogP contribution in [0.2, 0.25) is 5.02 Å². The number of aliphatic carboxylic acids is 1. The van der Waals surface area contributed by atoms with Crippen LogP contribution in [0.25, 0.3) is 16.6 Å². The van der Waals surface area contributed by atoms with Crippen LogP contribution >= 0.6 is 11.6 Å². The van der Waals surface area contributed by atoms with Crippen molar-refractivity contribution in [2.24, 2.45) is 7.05 Å². The Morgan fingerprint density at radius 1 is 1.03 bits per heavy atom. The van der Waals surface area contributed by atoms with Gasteiger partial charge in [0.1, 0.15) is 6.04 Å². The molecule has 0 saturated heterocycles. The molecular formula is C29H29ClN4O5. The molecule has 4 rings (SSSR count). The largest absolute Gasteiger partial charge is 0.480 e. The van der Waals surface area contributed by atoms with Gasteiger partial charge in [0.2, 0.25) is 0 Å². The molecule has 1 amide bonds. The highest BCUT2D eigenvalue weighted by atomic mass is 35.5. The van der Waals surface area contributed by atoms with Crippen molar-refractivity contribution < 1.29 is 14.7 Å². The number of carboxylic acid groups (broad SMARTS) is 1. The van der Waals surface area contributed by atoms with Crippen molar-refractivity contribution in [3.8, 4) is 5.69 Å². The highest BCUT2D eigenvalue weighted by Crippen LogP contribution is 2.20. The number of hydrogen-bond donors (Lipinski definition) is 3. The number of aryl methyl sites for hydroxylation is 2. The summed E-state index contributed by atoms with van der Waals surface area (Å²) in [5.41, 5.74) is 2.33. The number of carbonyl (C=O) groups is 2. The molecule has 3 N–H and O–H groups in total. The smallest absolute Gasteiger partial charge is 0.335 e. The Hall–Kier alpha value is -4.21. The minimum Gasteiger partial charge on any atom is -0.480 e. The number of amides is 1. The second-order valence-electron chi connectivity index (χ2n) is 9.28. The average Bonchev–Trinajstić information content (AvgIpc) is 2.91. The lowest BCUT2D eigenvalue weighted by Gasteiger charge is -2.17. The zero-order chi connectivity index (χ0) is 28.3. The summed E-state index contributed by atoms with van der Waals surface area (Å²) in [7, 11) is 1.61. The van der Waals surface area contributed by atoms with Crippen LogP contribution in [0.3, 0.4) is 0 Å². The molecule has 3 aromatic carbocycles. The van der Waals surface area contributed by atoms with E-state index in [1.165, 1.54) is 4.57 Å². The van der Waals surface area contributed by atoms with Crippen LogP contribution in [0.15, 0.2) is 70.3 Å². The van der Waals surface area contributed by atoms with Crippen LogP contribution in [-0.2, 0) is 24.8 Å². The van der Waals surface area contributed by atoms with Gasteiger partial charge in [0.15, 0.2) is 0 Å². The molecule has 1 heterocycles. The number of fused-ring (bicyclic) bond motifs is 1. The second-order valence-corrected chi connectivity index (χ2v) is 9.69. The molecule has 9 nitrogen and oxygen atoms in total. The number of aromatic nitrogens is 2. The molecule has 0 aliphatic carbocycles. The number of carbonyl (C=O) groups excluding carboxylic acids is 1. The van der Waals surface area contributed by atoms with Crippen LogP contribution in [-0.4, -0.2) is 38.7 Å². The van der Waals surface area contributed by atoms with Gasteiger partial charge in [-0.2, -0.15) is 0 Å². The molecule has 1 atom stereocenters. The van der Waals surface area contributed by atoms with Gasteiger partial charge in [0.25, 0.3) is 11.5 Å². The molecule has 0 aliphatic rings. The van der Waals surface area contributed by atoms with E-state index in [9.17, 15) is 24.3 Å². The lowest BCUT2D eigenvalue weighted by molar-refractivity contribution is -0.139. The second kappa shape index (κ2) is 11.7. The maximum absolute atomic E-state index is 13.4. The monoisotopic (exact) mass is 548 g/mol. The van der Waals surface area contributed by atoms with E-state index in [-0.39, 0.29) is 17.0 Å². The van der Waals surface area contributed by atoms with E-state index in [0.717, 1.165) is 16.7 Å².